The molecular weight excluding hydrogens is 422 g/mol. The molecule has 158 valence electrons. The van der Waals surface area contributed by atoms with Crippen LogP contribution in [0.2, 0.25) is 0 Å². The monoisotopic (exact) mass is 445 g/mol. The van der Waals surface area contributed by atoms with Crippen LogP contribution in [0.4, 0.5) is 5.69 Å². The van der Waals surface area contributed by atoms with E-state index in [2.05, 4.69) is 10.0 Å². The van der Waals surface area contributed by atoms with Gasteiger partial charge in [0.15, 0.2) is 0 Å². The van der Waals surface area contributed by atoms with Crippen LogP contribution in [0, 0.1) is 0 Å². The van der Waals surface area contributed by atoms with Gasteiger partial charge in [0, 0.05) is 29.6 Å². The molecule has 7 nitrogen and oxygen atoms in total. The summed E-state index contributed by atoms with van der Waals surface area (Å²) in [4.78, 5) is 27.7. The molecule has 2 aromatic carbocycles. The fraction of sp³-hybridized carbons (Fsp3) is 0.333. The van der Waals surface area contributed by atoms with E-state index in [4.69, 9.17) is 0 Å². The van der Waals surface area contributed by atoms with Crippen molar-refractivity contribution >= 4 is 39.3 Å². The summed E-state index contributed by atoms with van der Waals surface area (Å²) in [6, 6.07) is 13.4. The summed E-state index contributed by atoms with van der Waals surface area (Å²) in [5, 5.41) is 2.69. The number of piperidine rings is 1. The van der Waals surface area contributed by atoms with Crippen LogP contribution in [0.3, 0.4) is 0 Å². The standard InChI is InChI=1S/C21H23N3O4S2/c1-14-20(25)22-18-13-15(7-8-19(18)29-14)21(26)24-11-9-16(10-12-24)23-30(27,28)17-5-3-2-4-6-17/h2-8,13-14,16,23H,9-12H2,1H3,(H,22,25)/t14-/m1/s1. The second-order valence-corrected chi connectivity index (χ2v) is 10.6. The summed E-state index contributed by atoms with van der Waals surface area (Å²) in [6.45, 7) is 2.78. The number of nitrogens with zero attached hydrogens (tertiary/aromatic N) is 1. The van der Waals surface area contributed by atoms with Crippen LogP contribution >= 0.6 is 11.8 Å². The second-order valence-electron chi connectivity index (χ2n) is 7.46. The number of thioether (sulfide) groups is 1. The van der Waals surface area contributed by atoms with Gasteiger partial charge in [-0.15, -0.1) is 11.8 Å². The van der Waals surface area contributed by atoms with Crippen molar-refractivity contribution in [1.82, 2.24) is 9.62 Å². The number of rotatable bonds is 4. The molecule has 0 unspecified atom stereocenters. The fourth-order valence-corrected chi connectivity index (χ4v) is 5.87. The zero-order valence-corrected chi connectivity index (χ0v) is 18.1. The maximum atomic E-state index is 12.9. The number of amides is 2. The molecule has 2 heterocycles. The Bertz CT molecular complexity index is 1060. The van der Waals surface area contributed by atoms with Gasteiger partial charge >= 0.3 is 0 Å². The third-order valence-electron chi connectivity index (χ3n) is 5.31. The highest BCUT2D eigenvalue weighted by Crippen LogP contribution is 2.36. The number of nitrogens with one attached hydrogen (secondary N) is 2. The minimum atomic E-state index is -3.57. The second kappa shape index (κ2) is 8.41. The summed E-state index contributed by atoms with van der Waals surface area (Å²) >= 11 is 1.48. The lowest BCUT2D eigenvalue weighted by Crippen LogP contribution is -2.46. The molecular formula is C21H23N3O4S2. The number of benzene rings is 2. The number of likely N-dealkylation sites (tertiary alicyclic amines) is 1. The van der Waals surface area contributed by atoms with Crippen LogP contribution in [0.15, 0.2) is 58.3 Å². The molecule has 2 N–H and O–H groups in total. The molecule has 0 bridgehead atoms. The van der Waals surface area contributed by atoms with E-state index >= 15 is 0 Å². The Balaban J connectivity index is 1.38. The van der Waals surface area contributed by atoms with Crippen molar-refractivity contribution in [1.29, 1.82) is 0 Å². The molecule has 4 rings (SSSR count). The molecule has 2 aliphatic heterocycles. The molecule has 1 fully saturated rings. The average molecular weight is 446 g/mol. The minimum Gasteiger partial charge on any atom is -0.339 e. The third-order valence-corrected chi connectivity index (χ3v) is 8.03. The van der Waals surface area contributed by atoms with Gasteiger partial charge in [-0.3, -0.25) is 9.59 Å². The zero-order chi connectivity index (χ0) is 21.3. The van der Waals surface area contributed by atoms with Crippen LogP contribution in [-0.2, 0) is 14.8 Å². The summed E-state index contributed by atoms with van der Waals surface area (Å²) in [5.74, 6) is -0.177. The van der Waals surface area contributed by atoms with Gasteiger partial charge in [-0.1, -0.05) is 18.2 Å². The Hall–Kier alpha value is -2.36. The quantitative estimate of drug-likeness (QED) is 0.755. The van der Waals surface area contributed by atoms with Crippen molar-refractivity contribution in [2.45, 2.75) is 40.8 Å². The van der Waals surface area contributed by atoms with E-state index in [0.717, 1.165) is 4.90 Å². The van der Waals surface area contributed by atoms with E-state index < -0.39 is 10.0 Å². The van der Waals surface area contributed by atoms with Crippen molar-refractivity contribution in [3.63, 3.8) is 0 Å². The molecule has 0 saturated carbocycles. The zero-order valence-electron chi connectivity index (χ0n) is 16.5. The predicted molar refractivity (Wildman–Crippen MR) is 116 cm³/mol. The SMILES string of the molecule is C[C@H]1Sc2ccc(C(=O)N3CCC(NS(=O)(=O)c4ccccc4)CC3)cc2NC1=O. The number of carbonyl (C=O) groups excluding carboxylic acids is 2. The Morgan fingerprint density at radius 3 is 2.53 bits per heavy atom. The van der Waals surface area contributed by atoms with Gasteiger partial charge in [-0.25, -0.2) is 13.1 Å². The highest BCUT2D eigenvalue weighted by molar-refractivity contribution is 8.01. The summed E-state index contributed by atoms with van der Waals surface area (Å²) in [6.07, 6.45) is 1.10. The molecule has 0 radical (unpaired) electrons. The maximum absolute atomic E-state index is 12.9. The van der Waals surface area contributed by atoms with Gasteiger partial charge in [0.05, 0.1) is 15.8 Å². The van der Waals surface area contributed by atoms with Gasteiger partial charge in [0.25, 0.3) is 5.91 Å². The molecule has 30 heavy (non-hydrogen) atoms. The van der Waals surface area contributed by atoms with Crippen molar-refractivity contribution in [2.75, 3.05) is 18.4 Å². The van der Waals surface area contributed by atoms with E-state index in [1.807, 2.05) is 13.0 Å². The average Bonchev–Trinajstić information content (AvgIpc) is 2.75. The molecule has 2 aliphatic rings. The number of fused-ring (bicyclic) bond motifs is 1. The van der Waals surface area contributed by atoms with Crippen molar-refractivity contribution in [2.24, 2.45) is 0 Å². The van der Waals surface area contributed by atoms with Crippen molar-refractivity contribution in [3.05, 3.63) is 54.1 Å². The molecule has 0 aromatic heterocycles. The molecule has 2 aromatic rings. The van der Waals surface area contributed by atoms with E-state index in [-0.39, 0.29) is 28.0 Å². The first-order chi connectivity index (χ1) is 14.3. The Kier molecular flexibility index (Phi) is 5.86. The number of sulfonamides is 1. The topological polar surface area (TPSA) is 95.6 Å². The first-order valence-electron chi connectivity index (χ1n) is 9.82. The van der Waals surface area contributed by atoms with Gasteiger partial charge in [0.2, 0.25) is 15.9 Å². The highest BCUT2D eigenvalue weighted by Gasteiger charge is 2.28. The van der Waals surface area contributed by atoms with Gasteiger partial charge in [0.1, 0.15) is 0 Å². The Morgan fingerprint density at radius 2 is 1.83 bits per heavy atom. The minimum absolute atomic E-state index is 0.0661. The highest BCUT2D eigenvalue weighted by atomic mass is 32.2. The normalized spacial score (nSPS) is 19.8. The van der Waals surface area contributed by atoms with E-state index in [1.165, 1.54) is 11.8 Å². The molecule has 1 atom stereocenters. The molecule has 0 spiro atoms. The lowest BCUT2D eigenvalue weighted by atomic mass is 10.0. The first-order valence-corrected chi connectivity index (χ1v) is 12.2. The lowest BCUT2D eigenvalue weighted by molar-refractivity contribution is -0.115. The largest absolute Gasteiger partial charge is 0.339 e. The van der Waals surface area contributed by atoms with Gasteiger partial charge in [-0.05, 0) is 50.1 Å². The van der Waals surface area contributed by atoms with Crippen molar-refractivity contribution < 1.29 is 18.0 Å². The van der Waals surface area contributed by atoms with Gasteiger partial charge < -0.3 is 10.2 Å². The molecule has 0 aliphatic carbocycles. The Labute approximate surface area is 180 Å². The van der Waals surface area contributed by atoms with E-state index in [9.17, 15) is 18.0 Å². The van der Waals surface area contributed by atoms with E-state index in [0.29, 0.717) is 37.2 Å². The summed E-state index contributed by atoms with van der Waals surface area (Å²) in [7, 11) is -3.57. The maximum Gasteiger partial charge on any atom is 0.253 e. The number of anilines is 1. The lowest BCUT2D eigenvalue weighted by Gasteiger charge is -2.32. The third kappa shape index (κ3) is 4.38. The fourth-order valence-electron chi connectivity index (χ4n) is 3.61. The molecule has 9 heteroatoms. The van der Waals surface area contributed by atoms with Crippen LogP contribution < -0.4 is 10.0 Å². The number of carbonyl (C=O) groups is 2. The predicted octanol–water partition coefficient (Wildman–Crippen LogP) is 2.70. The van der Waals surface area contributed by atoms with Crippen LogP contribution in [0.5, 0.6) is 0 Å². The summed E-state index contributed by atoms with van der Waals surface area (Å²) in [5.41, 5.74) is 1.19. The van der Waals surface area contributed by atoms with Crippen molar-refractivity contribution in [3.8, 4) is 0 Å². The molecule has 1 saturated heterocycles. The van der Waals surface area contributed by atoms with Gasteiger partial charge in [-0.2, -0.15) is 0 Å². The first kappa shape index (κ1) is 20.9. The van der Waals surface area contributed by atoms with E-state index in [1.54, 1.807) is 47.4 Å². The van der Waals surface area contributed by atoms with Crippen LogP contribution in [-0.4, -0.2) is 49.5 Å². The van der Waals surface area contributed by atoms with Crippen LogP contribution in [0.25, 0.3) is 0 Å². The Morgan fingerprint density at radius 1 is 1.13 bits per heavy atom. The number of hydrogen-bond donors (Lipinski definition) is 2. The number of hydrogen-bond acceptors (Lipinski definition) is 5. The summed E-state index contributed by atoms with van der Waals surface area (Å²) < 4.78 is 27.7. The smallest absolute Gasteiger partial charge is 0.253 e. The van der Waals surface area contributed by atoms with Crippen LogP contribution in [0.1, 0.15) is 30.1 Å². The molecule has 2 amide bonds.